The quantitative estimate of drug-likeness (QED) is 0.526. The summed E-state index contributed by atoms with van der Waals surface area (Å²) in [5, 5.41) is 2.29. The minimum Gasteiger partial charge on any atom is -0.207 e. The fourth-order valence-electron chi connectivity index (χ4n) is 2.53. The number of alkyl halides is 1. The molecule has 3 rings (SSSR count). The third-order valence-corrected chi connectivity index (χ3v) is 4.39. The molecule has 0 aliphatic carbocycles. The summed E-state index contributed by atoms with van der Waals surface area (Å²) >= 11 is 3.49. The van der Waals surface area contributed by atoms with Gasteiger partial charge in [0.2, 0.25) is 0 Å². The van der Waals surface area contributed by atoms with Crippen molar-refractivity contribution in [2.45, 2.75) is 11.2 Å². The summed E-state index contributed by atoms with van der Waals surface area (Å²) < 4.78 is 27.2. The molecule has 0 nitrogen and oxygen atoms in total. The van der Waals surface area contributed by atoms with E-state index in [9.17, 15) is 8.78 Å². The first-order chi connectivity index (χ1) is 10.1. The van der Waals surface area contributed by atoms with E-state index in [1.54, 1.807) is 0 Å². The molecule has 0 aromatic heterocycles. The van der Waals surface area contributed by atoms with Crippen LogP contribution in [0.25, 0.3) is 10.8 Å². The molecule has 106 valence electrons. The first kappa shape index (κ1) is 14.2. The van der Waals surface area contributed by atoms with Crippen LogP contribution < -0.4 is 0 Å². The van der Waals surface area contributed by atoms with Gasteiger partial charge in [-0.25, -0.2) is 8.78 Å². The Balaban J connectivity index is 1.96. The van der Waals surface area contributed by atoms with Gasteiger partial charge in [-0.1, -0.05) is 58.4 Å². The maximum atomic E-state index is 13.8. The number of fused-ring (bicyclic) bond motifs is 1. The molecule has 0 bridgehead atoms. The monoisotopic (exact) mass is 346 g/mol. The highest BCUT2D eigenvalue weighted by Gasteiger charge is 2.15. The van der Waals surface area contributed by atoms with E-state index in [2.05, 4.69) is 15.9 Å². The summed E-state index contributed by atoms with van der Waals surface area (Å²) in [5.41, 5.74) is 1.46. The minimum absolute atomic E-state index is 0.265. The molecule has 3 aromatic rings. The van der Waals surface area contributed by atoms with Gasteiger partial charge in [0.15, 0.2) is 0 Å². The zero-order valence-electron chi connectivity index (χ0n) is 11.2. The summed E-state index contributed by atoms with van der Waals surface area (Å²) in [6.45, 7) is 0. The van der Waals surface area contributed by atoms with Crippen molar-refractivity contribution < 1.29 is 8.78 Å². The predicted octanol–water partition coefficient (Wildman–Crippen LogP) is 5.80. The first-order valence-corrected chi connectivity index (χ1v) is 7.62. The summed E-state index contributed by atoms with van der Waals surface area (Å²) in [4.78, 5) is -0.265. The standard InChI is InChI=1S/C18H13BrF2/c19-17(16-11-14(20)8-9-18(16)21)10-13-6-3-5-12-4-1-2-7-15(12)13/h1-9,11,17H,10H2. The Kier molecular flexibility index (Phi) is 4.02. The van der Waals surface area contributed by atoms with E-state index in [0.29, 0.717) is 12.0 Å². The topological polar surface area (TPSA) is 0 Å². The van der Waals surface area contributed by atoms with E-state index in [0.717, 1.165) is 22.4 Å². The summed E-state index contributed by atoms with van der Waals surface area (Å²) in [6.07, 6.45) is 0.599. The van der Waals surface area contributed by atoms with E-state index in [1.807, 2.05) is 42.5 Å². The van der Waals surface area contributed by atoms with Crippen molar-refractivity contribution in [3.63, 3.8) is 0 Å². The molecule has 21 heavy (non-hydrogen) atoms. The largest absolute Gasteiger partial charge is 0.207 e. The fourth-order valence-corrected chi connectivity index (χ4v) is 3.23. The Morgan fingerprint density at radius 3 is 2.52 bits per heavy atom. The van der Waals surface area contributed by atoms with Crippen LogP contribution in [0.2, 0.25) is 0 Å². The molecule has 3 heteroatoms. The van der Waals surface area contributed by atoms with Crippen LogP contribution in [0.4, 0.5) is 8.78 Å². The number of halogens is 3. The fraction of sp³-hybridized carbons (Fsp3) is 0.111. The number of benzene rings is 3. The van der Waals surface area contributed by atoms with E-state index in [1.165, 1.54) is 12.1 Å². The SMILES string of the molecule is Fc1ccc(F)c(C(Br)Cc2cccc3ccccc23)c1. The van der Waals surface area contributed by atoms with Crippen LogP contribution in [-0.2, 0) is 6.42 Å². The average Bonchev–Trinajstić information content (AvgIpc) is 2.50. The first-order valence-electron chi connectivity index (χ1n) is 6.71. The molecule has 0 radical (unpaired) electrons. The molecule has 0 amide bonds. The van der Waals surface area contributed by atoms with Gasteiger partial charge in [0.1, 0.15) is 11.6 Å². The van der Waals surface area contributed by atoms with Gasteiger partial charge in [0.05, 0.1) is 0 Å². The summed E-state index contributed by atoms with van der Waals surface area (Å²) in [5.74, 6) is -0.813. The average molecular weight is 347 g/mol. The maximum absolute atomic E-state index is 13.8. The second kappa shape index (κ2) is 5.94. The van der Waals surface area contributed by atoms with Crippen molar-refractivity contribution in [1.82, 2.24) is 0 Å². The van der Waals surface area contributed by atoms with Crippen molar-refractivity contribution in [2.24, 2.45) is 0 Å². The van der Waals surface area contributed by atoms with Crippen molar-refractivity contribution in [3.8, 4) is 0 Å². The highest BCUT2D eigenvalue weighted by Crippen LogP contribution is 2.32. The lowest BCUT2D eigenvalue weighted by atomic mass is 9.98. The molecular formula is C18H13BrF2. The van der Waals surface area contributed by atoms with E-state index in [4.69, 9.17) is 0 Å². The molecule has 0 fully saturated rings. The van der Waals surface area contributed by atoms with Gasteiger partial charge in [0.25, 0.3) is 0 Å². The van der Waals surface area contributed by atoms with Crippen LogP contribution in [0.3, 0.4) is 0 Å². The Labute approximate surface area is 130 Å². The van der Waals surface area contributed by atoms with Crippen LogP contribution >= 0.6 is 15.9 Å². The highest BCUT2D eigenvalue weighted by atomic mass is 79.9. The third kappa shape index (κ3) is 2.98. The van der Waals surface area contributed by atoms with Crippen LogP contribution in [0, 0.1) is 11.6 Å². The smallest absolute Gasteiger partial charge is 0.127 e. The third-order valence-electron chi connectivity index (χ3n) is 3.57. The lowest BCUT2D eigenvalue weighted by Gasteiger charge is -2.13. The zero-order valence-corrected chi connectivity index (χ0v) is 12.8. The molecular weight excluding hydrogens is 334 g/mol. The van der Waals surface area contributed by atoms with Gasteiger partial charge in [-0.05, 0) is 41.0 Å². The Bertz CT molecular complexity index is 778. The van der Waals surface area contributed by atoms with Crippen molar-refractivity contribution in [2.75, 3.05) is 0 Å². The van der Waals surface area contributed by atoms with Crippen LogP contribution in [-0.4, -0.2) is 0 Å². The Hall–Kier alpha value is -1.74. The van der Waals surface area contributed by atoms with E-state index in [-0.39, 0.29) is 4.83 Å². The van der Waals surface area contributed by atoms with Crippen LogP contribution in [0.5, 0.6) is 0 Å². The van der Waals surface area contributed by atoms with Gasteiger partial charge < -0.3 is 0 Å². The zero-order chi connectivity index (χ0) is 14.8. The van der Waals surface area contributed by atoms with Gasteiger partial charge in [-0.15, -0.1) is 0 Å². The molecule has 3 aromatic carbocycles. The number of hydrogen-bond donors (Lipinski definition) is 0. The van der Waals surface area contributed by atoms with Crippen molar-refractivity contribution in [3.05, 3.63) is 83.4 Å². The molecule has 0 N–H and O–H groups in total. The summed E-state index contributed by atoms with van der Waals surface area (Å²) in [7, 11) is 0. The normalized spacial score (nSPS) is 12.5. The molecule has 0 saturated heterocycles. The van der Waals surface area contributed by atoms with E-state index < -0.39 is 11.6 Å². The molecule has 0 saturated carbocycles. The minimum atomic E-state index is -0.422. The molecule has 0 spiro atoms. The molecule has 0 aliphatic rings. The van der Waals surface area contributed by atoms with E-state index >= 15 is 0 Å². The lowest BCUT2D eigenvalue weighted by Crippen LogP contribution is -2.00. The van der Waals surface area contributed by atoms with Gasteiger partial charge in [-0.3, -0.25) is 0 Å². The highest BCUT2D eigenvalue weighted by molar-refractivity contribution is 9.09. The van der Waals surface area contributed by atoms with Crippen molar-refractivity contribution >= 4 is 26.7 Å². The second-order valence-electron chi connectivity index (χ2n) is 4.98. The Morgan fingerprint density at radius 1 is 0.905 bits per heavy atom. The molecule has 0 aliphatic heterocycles. The second-order valence-corrected chi connectivity index (χ2v) is 6.08. The maximum Gasteiger partial charge on any atom is 0.127 e. The van der Waals surface area contributed by atoms with Crippen LogP contribution in [0.15, 0.2) is 60.7 Å². The lowest BCUT2D eigenvalue weighted by molar-refractivity contribution is 0.584. The van der Waals surface area contributed by atoms with Crippen molar-refractivity contribution in [1.29, 1.82) is 0 Å². The predicted molar refractivity (Wildman–Crippen MR) is 85.7 cm³/mol. The van der Waals surface area contributed by atoms with Gasteiger partial charge in [0, 0.05) is 10.4 Å². The number of rotatable bonds is 3. The molecule has 0 heterocycles. The Morgan fingerprint density at radius 2 is 1.67 bits per heavy atom. The molecule has 1 atom stereocenters. The summed E-state index contributed by atoms with van der Waals surface area (Å²) in [6, 6.07) is 17.7. The van der Waals surface area contributed by atoms with Gasteiger partial charge in [-0.2, -0.15) is 0 Å². The molecule has 1 unspecified atom stereocenters. The van der Waals surface area contributed by atoms with Crippen LogP contribution in [0.1, 0.15) is 16.0 Å². The number of hydrogen-bond acceptors (Lipinski definition) is 0. The van der Waals surface area contributed by atoms with Gasteiger partial charge >= 0.3 is 0 Å².